The molecule has 0 aromatic carbocycles. The summed E-state index contributed by atoms with van der Waals surface area (Å²) in [5.74, 6) is 0.863. The Morgan fingerprint density at radius 1 is 1.82 bits per heavy atom. The Hall–Kier alpha value is -0.480. The molecular weight excluding hydrogens is 158 g/mol. The second-order valence-corrected chi connectivity index (χ2v) is 3.71. The van der Waals surface area contributed by atoms with Crippen LogP contribution in [0.15, 0.2) is 5.38 Å². The molecular formula is C7H11N3S. The van der Waals surface area contributed by atoms with E-state index in [1.54, 1.807) is 0 Å². The highest BCUT2D eigenvalue weighted by atomic mass is 32.1. The summed E-state index contributed by atoms with van der Waals surface area (Å²) in [6.07, 6.45) is 1.32. The van der Waals surface area contributed by atoms with Crippen molar-refractivity contribution in [1.82, 2.24) is 14.9 Å². The number of nitrogens with zero attached hydrogens (tertiary/aromatic N) is 2. The van der Waals surface area contributed by atoms with Crippen molar-refractivity contribution in [3.05, 3.63) is 11.1 Å². The van der Waals surface area contributed by atoms with Crippen molar-refractivity contribution in [3.8, 4) is 0 Å². The summed E-state index contributed by atoms with van der Waals surface area (Å²) in [4.78, 5) is 0. The van der Waals surface area contributed by atoms with E-state index in [0.717, 1.165) is 24.2 Å². The van der Waals surface area contributed by atoms with Gasteiger partial charge in [0.1, 0.15) is 0 Å². The minimum absolute atomic E-state index is 0.733. The van der Waals surface area contributed by atoms with Crippen LogP contribution in [-0.2, 0) is 6.54 Å². The molecule has 4 heteroatoms. The van der Waals surface area contributed by atoms with Gasteiger partial charge in [-0.1, -0.05) is 11.4 Å². The van der Waals surface area contributed by atoms with Crippen LogP contribution in [0.4, 0.5) is 0 Å². The predicted molar refractivity (Wildman–Crippen MR) is 44.3 cm³/mol. The van der Waals surface area contributed by atoms with Gasteiger partial charge in [-0.3, -0.25) is 0 Å². The van der Waals surface area contributed by atoms with Crippen molar-refractivity contribution in [2.24, 2.45) is 5.92 Å². The molecule has 0 aliphatic heterocycles. The van der Waals surface area contributed by atoms with E-state index >= 15 is 0 Å². The van der Waals surface area contributed by atoms with Gasteiger partial charge in [0.2, 0.25) is 0 Å². The fraction of sp³-hybridized carbons (Fsp3) is 0.714. The summed E-state index contributed by atoms with van der Waals surface area (Å²) in [6, 6.07) is 0.733. The first-order chi connectivity index (χ1) is 5.36. The summed E-state index contributed by atoms with van der Waals surface area (Å²) in [5, 5.41) is 9.35. The molecule has 2 rings (SSSR count). The molecule has 3 nitrogen and oxygen atoms in total. The number of nitrogens with one attached hydrogen (secondary N) is 1. The van der Waals surface area contributed by atoms with Crippen LogP contribution < -0.4 is 5.32 Å². The van der Waals surface area contributed by atoms with Gasteiger partial charge in [0.15, 0.2) is 0 Å². The Balaban J connectivity index is 1.75. The van der Waals surface area contributed by atoms with Crippen molar-refractivity contribution < 1.29 is 0 Å². The molecule has 1 heterocycles. The van der Waals surface area contributed by atoms with E-state index in [0.29, 0.717) is 0 Å². The summed E-state index contributed by atoms with van der Waals surface area (Å²) < 4.78 is 3.79. The van der Waals surface area contributed by atoms with Crippen LogP contribution >= 0.6 is 11.5 Å². The van der Waals surface area contributed by atoms with Gasteiger partial charge >= 0.3 is 0 Å². The largest absolute Gasteiger partial charge is 0.308 e. The first-order valence-corrected chi connectivity index (χ1v) is 4.69. The first-order valence-electron chi connectivity index (χ1n) is 3.85. The molecule has 1 N–H and O–H groups in total. The average molecular weight is 169 g/mol. The fourth-order valence-corrected chi connectivity index (χ4v) is 1.55. The summed E-state index contributed by atoms with van der Waals surface area (Å²) in [5.41, 5.74) is 1.06. The maximum Gasteiger partial charge on any atom is 0.0893 e. The van der Waals surface area contributed by atoms with Crippen molar-refractivity contribution in [2.45, 2.75) is 25.9 Å². The van der Waals surface area contributed by atoms with Gasteiger partial charge in [0.05, 0.1) is 5.69 Å². The third kappa shape index (κ3) is 1.75. The monoisotopic (exact) mass is 169 g/mol. The number of aromatic nitrogens is 2. The normalized spacial score (nSPS) is 28.8. The Labute approximate surface area is 70.0 Å². The topological polar surface area (TPSA) is 37.8 Å². The second-order valence-electron chi connectivity index (χ2n) is 3.10. The zero-order valence-corrected chi connectivity index (χ0v) is 7.27. The molecule has 0 amide bonds. The maximum absolute atomic E-state index is 3.95. The number of rotatable bonds is 3. The van der Waals surface area contributed by atoms with E-state index in [9.17, 15) is 0 Å². The van der Waals surface area contributed by atoms with Crippen LogP contribution in [0.2, 0.25) is 0 Å². The van der Waals surface area contributed by atoms with Crippen molar-refractivity contribution in [1.29, 1.82) is 0 Å². The fourth-order valence-electron chi connectivity index (χ4n) is 1.10. The highest BCUT2D eigenvalue weighted by molar-refractivity contribution is 7.03. The molecule has 0 spiro atoms. The first kappa shape index (κ1) is 7.18. The lowest BCUT2D eigenvalue weighted by Gasteiger charge is -1.97. The van der Waals surface area contributed by atoms with Gasteiger partial charge in [-0.15, -0.1) is 5.10 Å². The summed E-state index contributed by atoms with van der Waals surface area (Å²) in [6.45, 7) is 3.14. The molecule has 1 aromatic rings. The molecule has 11 heavy (non-hydrogen) atoms. The molecule has 1 aliphatic carbocycles. The molecule has 1 aromatic heterocycles. The minimum atomic E-state index is 0.733. The van der Waals surface area contributed by atoms with Crippen LogP contribution in [0.25, 0.3) is 0 Å². The van der Waals surface area contributed by atoms with Crippen LogP contribution in [0, 0.1) is 5.92 Å². The standard InChI is InChI=1S/C7H11N3S/c1-5-2-7(5)8-3-6-4-11-10-9-6/h4-5,7-8H,2-3H2,1H3. The molecule has 0 bridgehead atoms. The van der Waals surface area contributed by atoms with Gasteiger partial charge in [0.25, 0.3) is 0 Å². The second kappa shape index (κ2) is 2.87. The predicted octanol–water partition coefficient (Wildman–Crippen LogP) is 1.04. The van der Waals surface area contributed by atoms with Crippen molar-refractivity contribution in [2.75, 3.05) is 0 Å². The number of hydrogen-bond acceptors (Lipinski definition) is 4. The van der Waals surface area contributed by atoms with Gasteiger partial charge in [-0.25, -0.2) is 0 Å². The molecule has 0 saturated heterocycles. The Morgan fingerprint density at radius 2 is 2.64 bits per heavy atom. The van der Waals surface area contributed by atoms with E-state index in [1.807, 2.05) is 5.38 Å². The third-order valence-corrected chi connectivity index (χ3v) is 2.61. The van der Waals surface area contributed by atoms with Gasteiger partial charge in [-0.2, -0.15) is 0 Å². The Kier molecular flexibility index (Phi) is 1.87. The van der Waals surface area contributed by atoms with Gasteiger partial charge in [-0.05, 0) is 23.9 Å². The van der Waals surface area contributed by atoms with Crippen molar-refractivity contribution >= 4 is 11.5 Å². The average Bonchev–Trinajstić information content (AvgIpc) is 2.55. The third-order valence-electron chi connectivity index (χ3n) is 2.06. The van der Waals surface area contributed by atoms with Crippen LogP contribution in [0.1, 0.15) is 19.0 Å². The Bertz CT molecular complexity index is 222. The van der Waals surface area contributed by atoms with E-state index in [-0.39, 0.29) is 0 Å². The zero-order chi connectivity index (χ0) is 7.68. The van der Waals surface area contributed by atoms with E-state index < -0.39 is 0 Å². The van der Waals surface area contributed by atoms with E-state index in [1.165, 1.54) is 18.0 Å². The molecule has 1 aliphatic rings. The highest BCUT2D eigenvalue weighted by Crippen LogP contribution is 2.29. The van der Waals surface area contributed by atoms with Gasteiger partial charge in [0, 0.05) is 18.0 Å². The quantitative estimate of drug-likeness (QED) is 0.734. The molecule has 2 unspecified atom stereocenters. The smallest absolute Gasteiger partial charge is 0.0893 e. The number of hydrogen-bond donors (Lipinski definition) is 1. The summed E-state index contributed by atoms with van der Waals surface area (Å²) >= 11 is 1.41. The molecule has 0 radical (unpaired) electrons. The van der Waals surface area contributed by atoms with Crippen LogP contribution in [0.3, 0.4) is 0 Å². The molecule has 1 fully saturated rings. The lowest BCUT2D eigenvalue weighted by molar-refractivity contribution is 0.641. The lowest BCUT2D eigenvalue weighted by Crippen LogP contribution is -2.17. The maximum atomic E-state index is 3.95. The summed E-state index contributed by atoms with van der Waals surface area (Å²) in [7, 11) is 0. The zero-order valence-electron chi connectivity index (χ0n) is 6.45. The molecule has 60 valence electrons. The minimum Gasteiger partial charge on any atom is -0.308 e. The van der Waals surface area contributed by atoms with Crippen LogP contribution in [-0.4, -0.2) is 15.6 Å². The molecule has 1 saturated carbocycles. The van der Waals surface area contributed by atoms with E-state index in [2.05, 4.69) is 21.8 Å². The van der Waals surface area contributed by atoms with Gasteiger partial charge < -0.3 is 5.32 Å². The highest BCUT2D eigenvalue weighted by Gasteiger charge is 2.31. The van der Waals surface area contributed by atoms with Crippen LogP contribution in [0.5, 0.6) is 0 Å². The van der Waals surface area contributed by atoms with E-state index in [4.69, 9.17) is 0 Å². The lowest BCUT2D eigenvalue weighted by atomic mass is 10.4. The van der Waals surface area contributed by atoms with Crippen molar-refractivity contribution in [3.63, 3.8) is 0 Å². The SMILES string of the molecule is CC1CC1NCc1csnn1. The Morgan fingerprint density at radius 3 is 3.18 bits per heavy atom. The molecule has 2 atom stereocenters.